The van der Waals surface area contributed by atoms with E-state index in [9.17, 15) is 14.7 Å². The van der Waals surface area contributed by atoms with Crippen molar-refractivity contribution in [2.75, 3.05) is 13.7 Å². The Morgan fingerprint density at radius 2 is 1.96 bits per heavy atom. The summed E-state index contributed by atoms with van der Waals surface area (Å²) in [5.74, 6) is -0.555. The summed E-state index contributed by atoms with van der Waals surface area (Å²) >= 11 is 0. The molecule has 0 atom stereocenters. The molecule has 2 aromatic carbocycles. The Hall–Kier alpha value is -3.22. The second-order valence-corrected chi connectivity index (χ2v) is 5.09. The minimum atomic E-state index is -0.423. The molecule has 0 heterocycles. The Bertz CT molecular complexity index is 802. The molecule has 7 heteroatoms. The highest BCUT2D eigenvalue weighted by molar-refractivity contribution is 5.90. The van der Waals surface area contributed by atoms with Gasteiger partial charge >= 0.3 is 5.97 Å². The van der Waals surface area contributed by atoms with E-state index in [0.717, 1.165) is 6.42 Å². The van der Waals surface area contributed by atoms with Crippen LogP contribution < -0.4 is 4.74 Å². The Morgan fingerprint density at radius 3 is 2.64 bits per heavy atom. The summed E-state index contributed by atoms with van der Waals surface area (Å²) in [6.45, 7) is 2.27. The molecule has 0 bridgehead atoms. The summed E-state index contributed by atoms with van der Waals surface area (Å²) in [5, 5.41) is 17.9. The van der Waals surface area contributed by atoms with Gasteiger partial charge in [0, 0.05) is 6.07 Å². The van der Waals surface area contributed by atoms with Crippen LogP contribution in [-0.4, -0.2) is 31.1 Å². The van der Waals surface area contributed by atoms with E-state index in [0.29, 0.717) is 29.8 Å². The fraction of sp³-hybridized carbons (Fsp3) is 0.222. The van der Waals surface area contributed by atoms with Crippen molar-refractivity contribution < 1.29 is 24.2 Å². The predicted octanol–water partition coefficient (Wildman–Crippen LogP) is 4.20. The zero-order valence-electron chi connectivity index (χ0n) is 13.9. The molecule has 130 valence electrons. The van der Waals surface area contributed by atoms with E-state index < -0.39 is 5.97 Å². The lowest BCUT2D eigenvalue weighted by Crippen LogP contribution is -2.05. The molecule has 0 aliphatic rings. The maximum absolute atomic E-state index is 11.9. The second kappa shape index (κ2) is 8.58. The highest BCUT2D eigenvalue weighted by atomic mass is 16.5. The zero-order chi connectivity index (χ0) is 18.2. The van der Waals surface area contributed by atoms with E-state index in [4.69, 9.17) is 9.47 Å². The molecule has 0 aromatic heterocycles. The molecule has 2 aromatic rings. The smallest absolute Gasteiger partial charge is 0.338 e. The monoisotopic (exact) mass is 342 g/mol. The van der Waals surface area contributed by atoms with Crippen LogP contribution in [0.25, 0.3) is 0 Å². The number of hydrogen-bond acceptors (Lipinski definition) is 7. The average molecular weight is 342 g/mol. The predicted molar refractivity (Wildman–Crippen MR) is 91.2 cm³/mol. The maximum atomic E-state index is 11.9. The van der Waals surface area contributed by atoms with Crippen molar-refractivity contribution in [3.63, 3.8) is 0 Å². The molecule has 7 nitrogen and oxygen atoms in total. The highest BCUT2D eigenvalue weighted by Crippen LogP contribution is 2.34. The van der Waals surface area contributed by atoms with Gasteiger partial charge < -0.3 is 14.6 Å². The third-order valence-electron chi connectivity index (χ3n) is 3.24. The lowest BCUT2D eigenvalue weighted by Gasteiger charge is -2.06. The quantitative estimate of drug-likeness (QED) is 0.462. The van der Waals surface area contributed by atoms with Crippen LogP contribution in [0, 0.1) is 0 Å². The van der Waals surface area contributed by atoms with Gasteiger partial charge in [-0.1, -0.05) is 13.0 Å². The van der Waals surface area contributed by atoms with Gasteiger partial charge in [-0.25, -0.2) is 4.79 Å². The van der Waals surface area contributed by atoms with Crippen molar-refractivity contribution in [2.24, 2.45) is 10.2 Å². The zero-order valence-corrected chi connectivity index (χ0v) is 13.9. The molecule has 0 aliphatic heterocycles. The van der Waals surface area contributed by atoms with Gasteiger partial charge in [-0.15, -0.1) is 0 Å². The van der Waals surface area contributed by atoms with E-state index in [2.05, 4.69) is 10.2 Å². The summed E-state index contributed by atoms with van der Waals surface area (Å²) in [6, 6.07) is 9.37. The van der Waals surface area contributed by atoms with Gasteiger partial charge in [0.15, 0.2) is 17.8 Å². The van der Waals surface area contributed by atoms with Crippen molar-refractivity contribution in [1.29, 1.82) is 0 Å². The number of ether oxygens (including phenoxy) is 2. The van der Waals surface area contributed by atoms with Crippen LogP contribution in [0.5, 0.6) is 11.5 Å². The summed E-state index contributed by atoms with van der Waals surface area (Å²) in [7, 11) is 1.37. The van der Waals surface area contributed by atoms with Crippen LogP contribution >= 0.6 is 0 Å². The summed E-state index contributed by atoms with van der Waals surface area (Å²) < 4.78 is 10.1. The topological polar surface area (TPSA) is 97.6 Å². The number of esters is 1. The van der Waals surface area contributed by atoms with Crippen LogP contribution in [0.3, 0.4) is 0 Å². The minimum absolute atomic E-state index is 0.0465. The Kier molecular flexibility index (Phi) is 6.22. The van der Waals surface area contributed by atoms with Gasteiger partial charge in [-0.2, -0.15) is 10.2 Å². The molecule has 0 unspecified atom stereocenters. The largest absolute Gasteiger partial charge is 0.504 e. The fourth-order valence-electron chi connectivity index (χ4n) is 2.01. The van der Waals surface area contributed by atoms with Gasteiger partial charge in [0.1, 0.15) is 0 Å². The van der Waals surface area contributed by atoms with E-state index in [1.807, 2.05) is 6.92 Å². The second-order valence-electron chi connectivity index (χ2n) is 5.09. The molecular weight excluding hydrogens is 324 g/mol. The molecule has 0 saturated carbocycles. The van der Waals surface area contributed by atoms with Crippen molar-refractivity contribution >= 4 is 23.6 Å². The first-order valence-electron chi connectivity index (χ1n) is 7.64. The van der Waals surface area contributed by atoms with Gasteiger partial charge in [0.2, 0.25) is 0 Å². The van der Waals surface area contributed by atoms with Crippen LogP contribution in [0.4, 0.5) is 11.4 Å². The summed E-state index contributed by atoms with van der Waals surface area (Å²) in [5.41, 5.74) is 1.20. The molecule has 0 radical (unpaired) electrons. The van der Waals surface area contributed by atoms with Crippen LogP contribution in [0.2, 0.25) is 0 Å². The van der Waals surface area contributed by atoms with Gasteiger partial charge in [-0.05, 0) is 30.7 Å². The minimum Gasteiger partial charge on any atom is -0.504 e. The Labute approximate surface area is 144 Å². The standard InChI is InChI=1S/C18H18N2O5/c1-3-7-25-18(23)12-5-4-6-14(8-12)19-20-15-9-13(11-21)17(22)16(10-15)24-2/h4-6,8-11,22H,3,7H2,1-2H3. The number of carbonyl (C=O) groups excluding carboxylic acids is 2. The molecule has 2 rings (SSSR count). The molecule has 0 saturated heterocycles. The molecule has 1 N–H and O–H groups in total. The number of carbonyl (C=O) groups is 2. The van der Waals surface area contributed by atoms with Crippen molar-refractivity contribution in [3.8, 4) is 11.5 Å². The van der Waals surface area contributed by atoms with Gasteiger partial charge in [0.05, 0.1) is 36.2 Å². The number of benzene rings is 2. The van der Waals surface area contributed by atoms with Crippen LogP contribution in [-0.2, 0) is 4.74 Å². The first-order chi connectivity index (χ1) is 12.1. The van der Waals surface area contributed by atoms with Crippen molar-refractivity contribution in [1.82, 2.24) is 0 Å². The fourth-order valence-corrected chi connectivity index (χ4v) is 2.01. The third kappa shape index (κ3) is 4.63. The lowest BCUT2D eigenvalue weighted by molar-refractivity contribution is 0.0505. The van der Waals surface area contributed by atoms with E-state index in [1.165, 1.54) is 19.2 Å². The number of phenolic OH excluding ortho intramolecular Hbond substituents is 1. The number of methoxy groups -OCH3 is 1. The highest BCUT2D eigenvalue weighted by Gasteiger charge is 2.10. The lowest BCUT2D eigenvalue weighted by atomic mass is 10.2. The van der Waals surface area contributed by atoms with Crippen LogP contribution in [0.1, 0.15) is 34.1 Å². The first-order valence-corrected chi connectivity index (χ1v) is 7.64. The average Bonchev–Trinajstić information content (AvgIpc) is 2.65. The number of phenols is 1. The molecule has 0 amide bonds. The van der Waals surface area contributed by atoms with Gasteiger partial charge in [0.25, 0.3) is 0 Å². The van der Waals surface area contributed by atoms with E-state index in [1.54, 1.807) is 24.3 Å². The third-order valence-corrected chi connectivity index (χ3v) is 3.24. The number of hydrogen-bond donors (Lipinski definition) is 1. The summed E-state index contributed by atoms with van der Waals surface area (Å²) in [4.78, 5) is 22.8. The molecule has 25 heavy (non-hydrogen) atoms. The number of nitrogens with zero attached hydrogens (tertiary/aromatic N) is 2. The molecular formula is C18H18N2O5. The Morgan fingerprint density at radius 1 is 1.20 bits per heavy atom. The number of rotatable bonds is 7. The normalized spacial score (nSPS) is 10.6. The van der Waals surface area contributed by atoms with Gasteiger partial charge in [-0.3, -0.25) is 4.79 Å². The Balaban J connectivity index is 2.25. The first kappa shape index (κ1) is 18.1. The van der Waals surface area contributed by atoms with Crippen molar-refractivity contribution in [3.05, 3.63) is 47.5 Å². The summed E-state index contributed by atoms with van der Waals surface area (Å²) in [6.07, 6.45) is 1.24. The number of azo groups is 1. The van der Waals surface area contributed by atoms with E-state index in [-0.39, 0.29) is 17.1 Å². The van der Waals surface area contributed by atoms with Crippen LogP contribution in [0.15, 0.2) is 46.6 Å². The molecule has 0 spiro atoms. The van der Waals surface area contributed by atoms with E-state index >= 15 is 0 Å². The molecule has 0 fully saturated rings. The number of aldehydes is 1. The SMILES string of the molecule is CCCOC(=O)c1cccc(N=Nc2cc(C=O)c(O)c(OC)c2)c1. The number of aromatic hydroxyl groups is 1. The van der Waals surface area contributed by atoms with Crippen molar-refractivity contribution in [2.45, 2.75) is 13.3 Å². The maximum Gasteiger partial charge on any atom is 0.338 e. The molecule has 0 aliphatic carbocycles.